The van der Waals surface area contributed by atoms with Crippen molar-refractivity contribution in [1.29, 1.82) is 0 Å². The average molecular weight is 1350 g/mol. The van der Waals surface area contributed by atoms with E-state index >= 15 is 0 Å². The highest BCUT2D eigenvalue weighted by Gasteiger charge is 2.22. The third-order valence-electron chi connectivity index (χ3n) is 16.8. The maximum absolute atomic E-state index is 13.0. The normalized spacial score (nSPS) is 13.5. The van der Waals surface area contributed by atoms with E-state index in [9.17, 15) is 19.5 Å². The van der Waals surface area contributed by atoms with E-state index in [1.54, 1.807) is 0 Å². The first kappa shape index (κ1) is 91.9. The van der Waals surface area contributed by atoms with Gasteiger partial charge in [-0.05, 0) is 128 Å². The van der Waals surface area contributed by atoms with Gasteiger partial charge in [0.05, 0.1) is 40.3 Å². The van der Waals surface area contributed by atoms with Crippen LogP contribution in [0, 0.1) is 0 Å². The van der Waals surface area contributed by atoms with Gasteiger partial charge >= 0.3 is 11.9 Å². The zero-order valence-corrected chi connectivity index (χ0v) is 63.1. The molecule has 0 N–H and O–H groups in total. The van der Waals surface area contributed by atoms with Crippen molar-refractivity contribution in [2.45, 2.75) is 334 Å². The Labute approximate surface area is 597 Å². The topological polar surface area (TPSA) is 111 Å². The molecule has 0 saturated heterocycles. The number of ether oxygens (including phenoxy) is 4. The van der Waals surface area contributed by atoms with E-state index < -0.39 is 24.3 Å². The molecule has 0 aromatic heterocycles. The zero-order chi connectivity index (χ0) is 70.4. The molecule has 0 radical (unpaired) electrons. The van der Waals surface area contributed by atoms with E-state index in [0.717, 1.165) is 122 Å². The van der Waals surface area contributed by atoms with Crippen molar-refractivity contribution in [3.05, 3.63) is 158 Å². The Morgan fingerprint density at radius 1 is 0.320 bits per heavy atom. The first-order valence-corrected chi connectivity index (χ1v) is 39.6. The van der Waals surface area contributed by atoms with Crippen LogP contribution in [0.15, 0.2) is 158 Å². The summed E-state index contributed by atoms with van der Waals surface area (Å²) in [5.74, 6) is -2.32. The second-order valence-corrected chi connectivity index (χ2v) is 27.3. The van der Waals surface area contributed by atoms with E-state index in [1.165, 1.54) is 167 Å². The molecule has 0 aromatic rings. The van der Waals surface area contributed by atoms with Crippen molar-refractivity contribution in [3.63, 3.8) is 0 Å². The number of allylic oxidation sites excluding steroid dienone is 26. The molecule has 552 valence electrons. The Morgan fingerprint density at radius 2 is 0.588 bits per heavy atom. The first-order chi connectivity index (χ1) is 47.6. The number of aliphatic carboxylic acids is 1. The van der Waals surface area contributed by atoms with Gasteiger partial charge in [0.15, 0.2) is 12.4 Å². The fraction of sp³-hybridized carbons (Fsp3) is 0.670. The number of unbranched alkanes of at least 4 members (excludes halogenated alkanes) is 31. The third kappa shape index (κ3) is 78.1. The van der Waals surface area contributed by atoms with Gasteiger partial charge in [0.25, 0.3) is 0 Å². The van der Waals surface area contributed by atoms with Crippen LogP contribution >= 0.6 is 0 Å². The number of rotatable bonds is 72. The summed E-state index contributed by atoms with van der Waals surface area (Å²) in [5, 5.41) is 11.9. The van der Waals surface area contributed by atoms with Crippen molar-refractivity contribution < 1.29 is 42.9 Å². The van der Waals surface area contributed by atoms with Crippen molar-refractivity contribution in [1.82, 2.24) is 0 Å². The van der Waals surface area contributed by atoms with Crippen LogP contribution in [-0.4, -0.2) is 82.3 Å². The van der Waals surface area contributed by atoms with Crippen molar-refractivity contribution in [3.8, 4) is 0 Å². The maximum Gasteiger partial charge on any atom is 0.306 e. The summed E-state index contributed by atoms with van der Waals surface area (Å²) in [6, 6.07) is 0. The summed E-state index contributed by atoms with van der Waals surface area (Å²) >= 11 is 0. The number of esters is 2. The highest BCUT2D eigenvalue weighted by Crippen LogP contribution is 2.17. The number of quaternary nitrogens is 1. The SMILES string of the molecule is CC/C=C\C/C=C\C/C=C\C/C=C\C/C=C\C/C=C\C/C=C\C/C=C\C/C=C\C/C=C\C/C=C\C/C=C\CCCCCCC(=O)OC(COC(=O)CCCCCCCCCCCCCCCCCCCCC/C=C\CCCCCCCCCC)COC(OCC[N+](C)(C)C)C(=O)[O-]. The van der Waals surface area contributed by atoms with Gasteiger partial charge in [0.1, 0.15) is 13.2 Å². The maximum atomic E-state index is 13.0. The summed E-state index contributed by atoms with van der Waals surface area (Å²) < 4.78 is 22.8. The molecule has 0 aliphatic heterocycles. The minimum Gasteiger partial charge on any atom is -0.545 e. The number of hydrogen-bond acceptors (Lipinski definition) is 8. The van der Waals surface area contributed by atoms with E-state index in [2.05, 4.69) is 172 Å². The van der Waals surface area contributed by atoms with Crippen LogP contribution in [-0.2, 0) is 33.3 Å². The molecule has 0 aliphatic rings. The number of hydrogen-bond donors (Lipinski definition) is 0. The molecule has 0 aliphatic carbocycles. The number of nitrogens with zero attached hydrogens (tertiary/aromatic N) is 1. The summed E-state index contributed by atoms with van der Waals surface area (Å²) in [6.45, 7) is 4.62. The average Bonchev–Trinajstić information content (AvgIpc) is 3.27. The predicted octanol–water partition coefficient (Wildman–Crippen LogP) is 24.3. The smallest absolute Gasteiger partial charge is 0.306 e. The minimum absolute atomic E-state index is 0.136. The van der Waals surface area contributed by atoms with Gasteiger partial charge in [-0.25, -0.2) is 0 Å². The van der Waals surface area contributed by atoms with E-state index in [-0.39, 0.29) is 38.6 Å². The lowest BCUT2D eigenvalue weighted by molar-refractivity contribution is -0.870. The molecule has 0 saturated carbocycles. The molecule has 0 heterocycles. The van der Waals surface area contributed by atoms with Crippen LogP contribution in [0.3, 0.4) is 0 Å². The number of carboxylic acid groups (broad SMARTS) is 1. The molecule has 9 heteroatoms. The summed E-state index contributed by atoms with van der Waals surface area (Å²) in [5.41, 5.74) is 0. The van der Waals surface area contributed by atoms with E-state index in [4.69, 9.17) is 18.9 Å². The molecule has 97 heavy (non-hydrogen) atoms. The number of carbonyl (C=O) groups excluding carboxylic acids is 3. The summed E-state index contributed by atoms with van der Waals surface area (Å²) in [7, 11) is 5.92. The molecule has 0 aromatic carbocycles. The molecular formula is C88H147NO8. The quantitative estimate of drug-likeness (QED) is 0.0195. The number of carboxylic acids is 1. The third-order valence-corrected chi connectivity index (χ3v) is 16.8. The molecule has 2 unspecified atom stereocenters. The largest absolute Gasteiger partial charge is 0.545 e. The molecular weight excluding hydrogens is 1200 g/mol. The molecule has 0 bridgehead atoms. The van der Waals surface area contributed by atoms with Gasteiger partial charge in [-0.15, -0.1) is 0 Å². The van der Waals surface area contributed by atoms with Crippen LogP contribution in [0.25, 0.3) is 0 Å². The summed E-state index contributed by atoms with van der Waals surface area (Å²) in [4.78, 5) is 37.6. The molecule has 0 rings (SSSR count). The standard InChI is InChI=1S/C88H147NO8/c1-6-8-10-12-14-16-18-20-22-24-26-28-30-32-34-36-38-39-40-41-42-43-44-45-46-47-49-51-53-55-57-59-61-63-65-67-69-71-73-75-77-79-86(91)97-84(83-96-88(87(92)93)94-81-80-89(3,4)5)82-95-85(90)78-76-74-72-70-68-66-64-62-60-58-56-54-52-50-48-37-35-33-31-29-27-25-23-21-19-17-15-13-11-9-7-2/h8,10,14,16,20,22,25-28,32,34,38-39,41-42,44-45,47,49,53,55,59,61,65,67,84,88H,6-7,9,11-13,15,17-19,21,23-24,29-31,33,35-37,40,43,46,48,50-52,54,56-58,60,62-64,66,68-83H2,1-5H3/b10-8-,16-14-,22-20-,27-25-,28-26-,34-32-,39-38-,42-41-,45-44-,49-47-,55-53-,61-59-,67-65-. The lowest BCUT2D eigenvalue weighted by atomic mass is 10.0. The van der Waals surface area contributed by atoms with Crippen molar-refractivity contribution in [2.24, 2.45) is 0 Å². The Kier molecular flexibility index (Phi) is 72.6. The highest BCUT2D eigenvalue weighted by molar-refractivity contribution is 5.70. The van der Waals surface area contributed by atoms with Crippen LogP contribution in [0.5, 0.6) is 0 Å². The number of carbonyl (C=O) groups is 3. The monoisotopic (exact) mass is 1350 g/mol. The predicted molar refractivity (Wildman–Crippen MR) is 416 cm³/mol. The fourth-order valence-corrected chi connectivity index (χ4v) is 10.8. The van der Waals surface area contributed by atoms with Gasteiger partial charge in [-0.1, -0.05) is 339 Å². The van der Waals surface area contributed by atoms with Crippen molar-refractivity contribution in [2.75, 3.05) is 47.5 Å². The van der Waals surface area contributed by atoms with Gasteiger partial charge in [-0.3, -0.25) is 9.59 Å². The van der Waals surface area contributed by atoms with Crippen LogP contribution in [0.2, 0.25) is 0 Å². The van der Waals surface area contributed by atoms with Gasteiger partial charge in [-0.2, -0.15) is 0 Å². The number of likely N-dealkylation sites (N-methyl/N-ethyl adjacent to an activating group) is 1. The highest BCUT2D eigenvalue weighted by atomic mass is 16.7. The fourth-order valence-electron chi connectivity index (χ4n) is 10.8. The second-order valence-electron chi connectivity index (χ2n) is 27.3. The molecule has 9 nitrogen and oxygen atoms in total. The van der Waals surface area contributed by atoms with Gasteiger partial charge in [0.2, 0.25) is 0 Å². The van der Waals surface area contributed by atoms with E-state index in [0.29, 0.717) is 17.4 Å². The molecule has 0 amide bonds. The summed E-state index contributed by atoms with van der Waals surface area (Å²) in [6.07, 6.45) is 111. The zero-order valence-electron chi connectivity index (χ0n) is 63.1. The minimum atomic E-state index is -1.64. The Balaban J connectivity index is 4.16. The lowest BCUT2D eigenvalue weighted by Gasteiger charge is -2.26. The van der Waals surface area contributed by atoms with Gasteiger partial charge in [0, 0.05) is 12.8 Å². The van der Waals surface area contributed by atoms with Crippen LogP contribution in [0.4, 0.5) is 0 Å². The Bertz CT molecular complexity index is 2160. The Morgan fingerprint density at radius 3 is 0.887 bits per heavy atom. The molecule has 0 spiro atoms. The Hall–Kier alpha value is -5.09. The second kappa shape index (κ2) is 76.7. The van der Waals surface area contributed by atoms with Crippen LogP contribution in [0.1, 0.15) is 322 Å². The first-order valence-electron chi connectivity index (χ1n) is 39.6. The van der Waals surface area contributed by atoms with Crippen molar-refractivity contribution >= 4 is 17.9 Å². The van der Waals surface area contributed by atoms with Crippen LogP contribution < -0.4 is 5.11 Å². The van der Waals surface area contributed by atoms with Gasteiger partial charge < -0.3 is 33.3 Å². The molecule has 2 atom stereocenters. The molecule has 0 fully saturated rings. The lowest BCUT2D eigenvalue weighted by Crippen LogP contribution is -2.44. The van der Waals surface area contributed by atoms with E-state index in [1.807, 2.05) is 21.1 Å².